The Kier molecular flexibility index (Phi) is 4.80. The van der Waals surface area contributed by atoms with Gasteiger partial charge in [-0.15, -0.1) is 0 Å². The van der Waals surface area contributed by atoms with Crippen LogP contribution >= 0.6 is 0 Å². The van der Waals surface area contributed by atoms with Crippen molar-refractivity contribution in [3.8, 4) is 11.8 Å². The number of aromatic nitrogens is 2. The van der Waals surface area contributed by atoms with Crippen LogP contribution in [0.15, 0.2) is 83.9 Å². The van der Waals surface area contributed by atoms with E-state index in [1.165, 1.54) is 0 Å². The molecule has 0 aliphatic carbocycles. The van der Waals surface area contributed by atoms with E-state index < -0.39 is 0 Å². The number of H-pyrrole nitrogens is 1. The molecule has 0 radical (unpaired) electrons. The topological polar surface area (TPSA) is 45.8 Å². The van der Waals surface area contributed by atoms with Gasteiger partial charge >= 0.3 is 0 Å². The first-order valence-electron chi connectivity index (χ1n) is 8.85. The molecule has 0 saturated carbocycles. The summed E-state index contributed by atoms with van der Waals surface area (Å²) in [7, 11) is 0. The van der Waals surface area contributed by atoms with Crippen molar-refractivity contribution in [2.75, 3.05) is 0 Å². The van der Waals surface area contributed by atoms with Gasteiger partial charge in [0.1, 0.15) is 0 Å². The normalized spacial score (nSPS) is 10.4. The van der Waals surface area contributed by atoms with Gasteiger partial charge in [-0.1, -0.05) is 42.2 Å². The summed E-state index contributed by atoms with van der Waals surface area (Å²) in [5, 5.41) is 0.997. The summed E-state index contributed by atoms with van der Waals surface area (Å²) in [5.74, 6) is 6.41. The summed E-state index contributed by atoms with van der Waals surface area (Å²) in [6.45, 7) is 0. The highest BCUT2D eigenvalue weighted by Crippen LogP contribution is 2.15. The second kappa shape index (κ2) is 7.72. The van der Waals surface area contributed by atoms with E-state index in [1.807, 2.05) is 66.7 Å². The maximum Gasteiger partial charge on any atom is 0.251 e. The Bertz CT molecular complexity index is 1180. The average molecular weight is 350 g/mol. The average Bonchev–Trinajstić information content (AvgIpc) is 2.70. The minimum absolute atomic E-state index is 0.0390. The van der Waals surface area contributed by atoms with Crippen LogP contribution in [0.3, 0.4) is 0 Å². The van der Waals surface area contributed by atoms with Crippen LogP contribution < -0.4 is 5.56 Å². The Labute approximate surface area is 157 Å². The zero-order chi connectivity index (χ0) is 18.5. The van der Waals surface area contributed by atoms with E-state index in [9.17, 15) is 4.79 Å². The van der Waals surface area contributed by atoms with Crippen LogP contribution in [0.1, 0.15) is 22.3 Å². The maximum absolute atomic E-state index is 12.4. The largest absolute Gasteiger partial charge is 0.322 e. The van der Waals surface area contributed by atoms with Crippen molar-refractivity contribution >= 4 is 10.9 Å². The van der Waals surface area contributed by atoms with Crippen molar-refractivity contribution in [2.45, 2.75) is 12.8 Å². The molecule has 2 heterocycles. The first kappa shape index (κ1) is 16.8. The van der Waals surface area contributed by atoms with Gasteiger partial charge < -0.3 is 4.98 Å². The second-order valence-corrected chi connectivity index (χ2v) is 6.42. The highest BCUT2D eigenvalue weighted by Gasteiger charge is 2.04. The van der Waals surface area contributed by atoms with Crippen LogP contribution in [0.5, 0.6) is 0 Å². The number of benzene rings is 2. The zero-order valence-corrected chi connectivity index (χ0v) is 14.8. The monoisotopic (exact) mass is 350 g/mol. The van der Waals surface area contributed by atoms with Crippen molar-refractivity contribution in [1.82, 2.24) is 9.97 Å². The van der Waals surface area contributed by atoms with E-state index in [0.717, 1.165) is 33.2 Å². The Morgan fingerprint density at radius 2 is 1.70 bits per heavy atom. The molecule has 4 aromatic rings. The van der Waals surface area contributed by atoms with Crippen LogP contribution in [0.25, 0.3) is 10.9 Å². The number of hydrogen-bond acceptors (Lipinski definition) is 2. The van der Waals surface area contributed by atoms with Crippen molar-refractivity contribution in [3.05, 3.63) is 112 Å². The smallest absolute Gasteiger partial charge is 0.251 e. The van der Waals surface area contributed by atoms with Gasteiger partial charge in [0.25, 0.3) is 5.56 Å². The third-order valence-corrected chi connectivity index (χ3v) is 4.43. The number of pyridine rings is 2. The number of nitrogens with one attached hydrogen (secondary N) is 1. The quantitative estimate of drug-likeness (QED) is 0.565. The lowest BCUT2D eigenvalue weighted by Gasteiger charge is -2.04. The summed E-state index contributed by atoms with van der Waals surface area (Å²) < 4.78 is 0. The molecule has 0 bridgehead atoms. The molecule has 0 unspecified atom stereocenters. The van der Waals surface area contributed by atoms with Crippen molar-refractivity contribution in [1.29, 1.82) is 0 Å². The molecule has 0 amide bonds. The molecule has 3 nitrogen and oxygen atoms in total. The van der Waals surface area contributed by atoms with Crippen LogP contribution in [-0.2, 0) is 12.8 Å². The minimum Gasteiger partial charge on any atom is -0.322 e. The molecule has 2 aromatic heterocycles. The summed E-state index contributed by atoms with van der Waals surface area (Å²) in [6, 6.07) is 21.8. The van der Waals surface area contributed by atoms with E-state index in [4.69, 9.17) is 0 Å². The van der Waals surface area contributed by atoms with Gasteiger partial charge in [-0.25, -0.2) is 0 Å². The predicted molar refractivity (Wildman–Crippen MR) is 109 cm³/mol. The molecule has 0 fully saturated rings. The number of hydrogen-bond donors (Lipinski definition) is 1. The molecule has 0 aliphatic rings. The van der Waals surface area contributed by atoms with Gasteiger partial charge in [0.15, 0.2) is 0 Å². The van der Waals surface area contributed by atoms with Gasteiger partial charge in [-0.2, -0.15) is 0 Å². The van der Waals surface area contributed by atoms with E-state index in [0.29, 0.717) is 12.8 Å². The van der Waals surface area contributed by atoms with Gasteiger partial charge in [0, 0.05) is 41.9 Å². The van der Waals surface area contributed by atoms with Crippen LogP contribution in [0.2, 0.25) is 0 Å². The molecule has 27 heavy (non-hydrogen) atoms. The van der Waals surface area contributed by atoms with Gasteiger partial charge in [-0.3, -0.25) is 9.78 Å². The minimum atomic E-state index is -0.0390. The Balaban J connectivity index is 1.61. The van der Waals surface area contributed by atoms with Crippen LogP contribution in [0.4, 0.5) is 0 Å². The lowest BCUT2D eigenvalue weighted by molar-refractivity contribution is 1.12. The van der Waals surface area contributed by atoms with E-state index in [1.54, 1.807) is 12.4 Å². The van der Waals surface area contributed by atoms with Crippen molar-refractivity contribution < 1.29 is 0 Å². The highest BCUT2D eigenvalue weighted by atomic mass is 16.1. The summed E-state index contributed by atoms with van der Waals surface area (Å²) in [4.78, 5) is 19.4. The number of rotatable bonds is 3. The van der Waals surface area contributed by atoms with Gasteiger partial charge in [0.05, 0.1) is 0 Å². The van der Waals surface area contributed by atoms with Gasteiger partial charge in [0.2, 0.25) is 0 Å². The van der Waals surface area contributed by atoms with Gasteiger partial charge in [-0.05, 0) is 52.9 Å². The summed E-state index contributed by atoms with van der Waals surface area (Å²) in [5.41, 5.74) is 4.76. The zero-order valence-electron chi connectivity index (χ0n) is 14.8. The Morgan fingerprint density at radius 1 is 0.889 bits per heavy atom. The van der Waals surface area contributed by atoms with E-state index in [2.05, 4.69) is 21.8 Å². The SMILES string of the molecule is O=c1[nH]c2ccc(C#CCc3ccncc3)cc2cc1Cc1ccccc1. The van der Waals surface area contributed by atoms with Crippen LogP contribution in [-0.4, -0.2) is 9.97 Å². The lowest BCUT2D eigenvalue weighted by atomic mass is 10.0. The molecule has 4 rings (SSSR count). The Morgan fingerprint density at radius 3 is 2.52 bits per heavy atom. The fourth-order valence-electron chi connectivity index (χ4n) is 3.03. The predicted octanol–water partition coefficient (Wildman–Crippen LogP) is 4.11. The molecule has 0 aliphatic heterocycles. The molecule has 1 N–H and O–H groups in total. The lowest BCUT2D eigenvalue weighted by Crippen LogP contribution is -2.12. The third kappa shape index (κ3) is 4.13. The van der Waals surface area contributed by atoms with E-state index in [-0.39, 0.29) is 5.56 Å². The summed E-state index contributed by atoms with van der Waals surface area (Å²) in [6.07, 6.45) is 4.85. The van der Waals surface area contributed by atoms with E-state index >= 15 is 0 Å². The molecule has 0 atom stereocenters. The van der Waals surface area contributed by atoms with Crippen molar-refractivity contribution in [3.63, 3.8) is 0 Å². The Hall–Kier alpha value is -3.64. The molecule has 3 heteroatoms. The molecule has 2 aromatic carbocycles. The number of fused-ring (bicyclic) bond motifs is 1. The molecule has 130 valence electrons. The first-order chi connectivity index (χ1) is 13.3. The fourth-order valence-corrected chi connectivity index (χ4v) is 3.03. The standard InChI is InChI=1S/C24H18N2O/c27-24-22(16-19-5-2-1-3-6-19)17-21-15-20(9-10-23(21)26-24)8-4-7-18-11-13-25-14-12-18/h1-3,5-6,9-15,17H,7,16H2,(H,26,27). The van der Waals surface area contributed by atoms with Crippen molar-refractivity contribution in [2.24, 2.45) is 0 Å². The number of nitrogens with zero attached hydrogens (tertiary/aromatic N) is 1. The van der Waals surface area contributed by atoms with Crippen LogP contribution in [0, 0.1) is 11.8 Å². The first-order valence-corrected chi connectivity index (χ1v) is 8.85. The molecule has 0 spiro atoms. The fraction of sp³-hybridized carbons (Fsp3) is 0.0833. The molecular formula is C24H18N2O. The summed E-state index contributed by atoms with van der Waals surface area (Å²) >= 11 is 0. The third-order valence-electron chi connectivity index (χ3n) is 4.43. The molecular weight excluding hydrogens is 332 g/mol. The second-order valence-electron chi connectivity index (χ2n) is 6.42. The maximum atomic E-state index is 12.4. The highest BCUT2D eigenvalue weighted by molar-refractivity contribution is 5.80. The molecule has 0 saturated heterocycles. The number of aromatic amines is 1.